The molecule has 26 heavy (non-hydrogen) atoms. The van der Waals surface area contributed by atoms with Gasteiger partial charge in [0.15, 0.2) is 11.6 Å². The molecule has 0 saturated heterocycles. The fourth-order valence-corrected chi connectivity index (χ4v) is 4.00. The molecule has 3 aromatic carbocycles. The van der Waals surface area contributed by atoms with E-state index >= 15 is 0 Å². The number of fused-ring (bicyclic) bond motifs is 2. The molecule has 0 unspecified atom stereocenters. The molecule has 3 aromatic rings. The number of hydrogen-bond donors (Lipinski definition) is 3. The van der Waals surface area contributed by atoms with E-state index < -0.39 is 5.78 Å². The van der Waals surface area contributed by atoms with Crippen molar-refractivity contribution in [1.29, 1.82) is 0 Å². The van der Waals surface area contributed by atoms with Crippen LogP contribution in [0, 0.1) is 0 Å². The van der Waals surface area contributed by atoms with Crippen LogP contribution in [0.4, 0.5) is 11.4 Å². The van der Waals surface area contributed by atoms with E-state index in [2.05, 4.69) is 0 Å². The minimum absolute atomic E-state index is 0.0448. The van der Waals surface area contributed by atoms with Gasteiger partial charge in [0.2, 0.25) is 0 Å². The number of hydrogen-bond acceptors (Lipinski definition) is 6. The molecular formula is C20H14N2O3S. The summed E-state index contributed by atoms with van der Waals surface area (Å²) in [7, 11) is 0. The van der Waals surface area contributed by atoms with Crippen LogP contribution in [0.1, 0.15) is 31.8 Å². The van der Waals surface area contributed by atoms with Crippen molar-refractivity contribution in [3.05, 3.63) is 76.9 Å². The van der Waals surface area contributed by atoms with Crippen LogP contribution in [0.15, 0.2) is 64.4 Å². The van der Waals surface area contributed by atoms with Gasteiger partial charge in [0.25, 0.3) is 0 Å². The summed E-state index contributed by atoms with van der Waals surface area (Å²) >= 11 is 1.24. The molecule has 1 aliphatic rings. The van der Waals surface area contributed by atoms with Crippen molar-refractivity contribution in [1.82, 2.24) is 0 Å². The maximum Gasteiger partial charge on any atom is 0.198 e. The highest BCUT2D eigenvalue weighted by Gasteiger charge is 2.34. The van der Waals surface area contributed by atoms with Gasteiger partial charge in [-0.3, -0.25) is 9.59 Å². The molecule has 5 nitrogen and oxygen atoms in total. The number of phenols is 1. The predicted molar refractivity (Wildman–Crippen MR) is 101 cm³/mol. The summed E-state index contributed by atoms with van der Waals surface area (Å²) in [5.74, 6) is -1.04. The van der Waals surface area contributed by atoms with E-state index in [4.69, 9.17) is 11.5 Å². The lowest BCUT2D eigenvalue weighted by Gasteiger charge is -2.21. The van der Waals surface area contributed by atoms with E-state index in [0.717, 1.165) is 4.90 Å². The first-order chi connectivity index (χ1) is 12.5. The highest BCUT2D eigenvalue weighted by atomic mass is 32.2. The minimum Gasteiger partial charge on any atom is -0.507 e. The van der Waals surface area contributed by atoms with Crippen LogP contribution >= 0.6 is 11.8 Å². The van der Waals surface area contributed by atoms with Gasteiger partial charge in [-0.05, 0) is 18.2 Å². The fraction of sp³-hybridized carbons (Fsp3) is 0. The maximum absolute atomic E-state index is 12.9. The van der Waals surface area contributed by atoms with E-state index in [1.165, 1.54) is 17.8 Å². The van der Waals surface area contributed by atoms with Gasteiger partial charge in [0.05, 0.1) is 16.8 Å². The first-order valence-electron chi connectivity index (χ1n) is 7.85. The third kappa shape index (κ3) is 2.34. The Labute approximate surface area is 153 Å². The molecule has 0 heterocycles. The van der Waals surface area contributed by atoms with Crippen LogP contribution in [0.3, 0.4) is 0 Å². The van der Waals surface area contributed by atoms with E-state index in [1.54, 1.807) is 30.3 Å². The van der Waals surface area contributed by atoms with Crippen molar-refractivity contribution in [3.8, 4) is 5.75 Å². The normalized spacial score (nSPS) is 12.6. The van der Waals surface area contributed by atoms with Gasteiger partial charge in [-0.15, -0.1) is 0 Å². The van der Waals surface area contributed by atoms with E-state index in [0.29, 0.717) is 10.6 Å². The summed E-state index contributed by atoms with van der Waals surface area (Å²) in [5, 5.41) is 10.4. The van der Waals surface area contributed by atoms with Crippen LogP contribution in [0.2, 0.25) is 0 Å². The molecule has 0 aromatic heterocycles. The van der Waals surface area contributed by atoms with Gasteiger partial charge in [-0.1, -0.05) is 48.2 Å². The van der Waals surface area contributed by atoms with Gasteiger partial charge in [0.1, 0.15) is 5.75 Å². The number of benzene rings is 3. The summed E-state index contributed by atoms with van der Waals surface area (Å²) < 4.78 is 0. The molecule has 4 rings (SSSR count). The molecule has 128 valence electrons. The molecule has 0 spiro atoms. The van der Waals surface area contributed by atoms with Gasteiger partial charge < -0.3 is 16.6 Å². The van der Waals surface area contributed by atoms with Crippen LogP contribution in [-0.2, 0) is 0 Å². The summed E-state index contributed by atoms with van der Waals surface area (Å²) in [6.07, 6.45) is 0. The second kappa shape index (κ2) is 5.93. The first-order valence-corrected chi connectivity index (χ1v) is 8.67. The number of aromatic hydroxyl groups is 1. The van der Waals surface area contributed by atoms with Crippen molar-refractivity contribution in [2.75, 3.05) is 11.5 Å². The molecule has 0 amide bonds. The number of nitrogens with two attached hydrogens (primary N) is 2. The Bertz CT molecular complexity index is 1090. The zero-order valence-corrected chi connectivity index (χ0v) is 14.3. The van der Waals surface area contributed by atoms with Crippen molar-refractivity contribution < 1.29 is 14.7 Å². The molecule has 0 aliphatic heterocycles. The summed E-state index contributed by atoms with van der Waals surface area (Å²) in [6, 6.07) is 15.1. The molecule has 0 radical (unpaired) electrons. The SMILES string of the molecule is Nc1ccccc1Sc1cc(O)c2c(c1N)C(=O)c1ccccc1C2=O. The lowest BCUT2D eigenvalue weighted by atomic mass is 9.83. The zero-order valence-electron chi connectivity index (χ0n) is 13.5. The highest BCUT2D eigenvalue weighted by molar-refractivity contribution is 7.99. The lowest BCUT2D eigenvalue weighted by Crippen LogP contribution is -2.22. The molecule has 0 saturated carbocycles. The Hall–Kier alpha value is -3.25. The van der Waals surface area contributed by atoms with Gasteiger partial charge in [-0.2, -0.15) is 0 Å². The average molecular weight is 362 g/mol. The Morgan fingerprint density at radius 1 is 0.769 bits per heavy atom. The summed E-state index contributed by atoms with van der Waals surface area (Å²) in [4.78, 5) is 26.9. The number of nitrogen functional groups attached to an aromatic ring is 2. The number of ketones is 2. The minimum atomic E-state index is -0.407. The molecule has 5 N–H and O–H groups in total. The Kier molecular flexibility index (Phi) is 3.70. The standard InChI is InChI=1S/C20H14N2O3S/c21-12-7-3-4-8-14(12)26-15-9-13(23)16-17(18(15)22)20(25)11-6-2-1-5-10(11)19(16)24/h1-9,23H,21-22H2. The number of anilines is 2. The van der Waals surface area contributed by atoms with Gasteiger partial charge >= 0.3 is 0 Å². The van der Waals surface area contributed by atoms with Crippen LogP contribution in [0.5, 0.6) is 5.75 Å². The largest absolute Gasteiger partial charge is 0.507 e. The van der Waals surface area contributed by atoms with Gasteiger partial charge in [0, 0.05) is 26.6 Å². The van der Waals surface area contributed by atoms with Crippen LogP contribution < -0.4 is 11.5 Å². The topological polar surface area (TPSA) is 106 Å². The molecule has 0 atom stereocenters. The van der Waals surface area contributed by atoms with E-state index in [1.807, 2.05) is 18.2 Å². The zero-order chi connectivity index (χ0) is 18.4. The van der Waals surface area contributed by atoms with Crippen LogP contribution in [0.25, 0.3) is 0 Å². The van der Waals surface area contributed by atoms with Crippen molar-refractivity contribution >= 4 is 34.7 Å². The molecule has 1 aliphatic carbocycles. The molecule has 6 heteroatoms. The second-order valence-electron chi connectivity index (χ2n) is 5.90. The lowest BCUT2D eigenvalue weighted by molar-refractivity contribution is 0.0977. The monoisotopic (exact) mass is 362 g/mol. The Balaban J connectivity index is 1.90. The average Bonchev–Trinajstić information content (AvgIpc) is 2.64. The van der Waals surface area contributed by atoms with E-state index in [-0.39, 0.29) is 39.5 Å². The number of para-hydroxylation sites is 1. The predicted octanol–water partition coefficient (Wildman–Crippen LogP) is 3.48. The van der Waals surface area contributed by atoms with Crippen LogP contribution in [-0.4, -0.2) is 16.7 Å². The Morgan fingerprint density at radius 3 is 2.00 bits per heavy atom. The fourth-order valence-electron chi connectivity index (χ4n) is 3.05. The third-order valence-corrected chi connectivity index (χ3v) is 5.47. The number of carbonyl (C=O) groups excluding carboxylic acids is 2. The number of rotatable bonds is 2. The van der Waals surface area contributed by atoms with Crippen molar-refractivity contribution in [2.24, 2.45) is 0 Å². The first kappa shape index (κ1) is 16.2. The quantitative estimate of drug-likeness (QED) is 0.372. The molecule has 0 fully saturated rings. The number of carbonyl (C=O) groups is 2. The molecule has 0 bridgehead atoms. The van der Waals surface area contributed by atoms with Gasteiger partial charge in [-0.25, -0.2) is 0 Å². The molecular weight excluding hydrogens is 348 g/mol. The summed E-state index contributed by atoms with van der Waals surface area (Å²) in [6.45, 7) is 0. The van der Waals surface area contributed by atoms with Crippen molar-refractivity contribution in [2.45, 2.75) is 9.79 Å². The Morgan fingerprint density at radius 2 is 1.35 bits per heavy atom. The third-order valence-electron chi connectivity index (χ3n) is 4.32. The number of phenolic OH excluding ortho intramolecular Hbond substituents is 1. The van der Waals surface area contributed by atoms with E-state index in [9.17, 15) is 14.7 Å². The maximum atomic E-state index is 12.9. The second-order valence-corrected chi connectivity index (χ2v) is 6.99. The summed E-state index contributed by atoms with van der Waals surface area (Å²) in [5.41, 5.74) is 13.5. The smallest absolute Gasteiger partial charge is 0.198 e. The highest BCUT2D eigenvalue weighted by Crippen LogP contribution is 2.44. The van der Waals surface area contributed by atoms with Crippen molar-refractivity contribution in [3.63, 3.8) is 0 Å².